The number of carbonyl (C=O) groups is 1. The summed E-state index contributed by atoms with van der Waals surface area (Å²) in [6, 6.07) is 7.90. The number of urea groups is 1. The van der Waals surface area contributed by atoms with Gasteiger partial charge in [0.05, 0.1) is 12.6 Å². The molecule has 1 aromatic carbocycles. The van der Waals surface area contributed by atoms with E-state index in [0.29, 0.717) is 0 Å². The van der Waals surface area contributed by atoms with Crippen LogP contribution in [0, 0.1) is 5.82 Å². The molecule has 24 heavy (non-hydrogen) atoms. The zero-order chi connectivity index (χ0) is 17.2. The molecule has 1 heterocycles. The van der Waals surface area contributed by atoms with Crippen LogP contribution in [-0.4, -0.2) is 17.7 Å². The van der Waals surface area contributed by atoms with Crippen molar-refractivity contribution in [1.29, 1.82) is 0 Å². The SMILES string of the molecule is CC(O)(CNC(=O)NC1CCCc2ccc(F)cc21)c1cccs1. The number of nitrogens with one attached hydrogen (secondary N) is 2. The molecule has 2 atom stereocenters. The molecule has 2 amide bonds. The maximum atomic E-state index is 13.5. The third kappa shape index (κ3) is 3.76. The Hall–Kier alpha value is -1.92. The van der Waals surface area contributed by atoms with E-state index in [2.05, 4.69) is 10.6 Å². The van der Waals surface area contributed by atoms with E-state index in [1.165, 1.54) is 23.5 Å². The summed E-state index contributed by atoms with van der Waals surface area (Å²) in [7, 11) is 0. The van der Waals surface area contributed by atoms with Crippen LogP contribution < -0.4 is 10.6 Å². The van der Waals surface area contributed by atoms with E-state index in [0.717, 1.165) is 35.3 Å². The molecule has 3 rings (SSSR count). The Labute approximate surface area is 144 Å². The van der Waals surface area contributed by atoms with Crippen molar-refractivity contribution in [2.24, 2.45) is 0 Å². The zero-order valence-corrected chi connectivity index (χ0v) is 14.3. The maximum absolute atomic E-state index is 13.5. The monoisotopic (exact) mass is 348 g/mol. The number of aliphatic hydroxyl groups is 1. The van der Waals surface area contributed by atoms with Gasteiger partial charge in [-0.2, -0.15) is 0 Å². The van der Waals surface area contributed by atoms with Crippen molar-refractivity contribution in [1.82, 2.24) is 10.6 Å². The van der Waals surface area contributed by atoms with Gasteiger partial charge in [-0.05, 0) is 60.9 Å². The lowest BCUT2D eigenvalue weighted by molar-refractivity contribution is 0.0630. The standard InChI is InChI=1S/C18H21FN2O2S/c1-18(23,16-6-3-9-24-16)11-20-17(22)21-15-5-2-4-12-7-8-13(19)10-14(12)15/h3,6-10,15,23H,2,4-5,11H2,1H3,(H2,20,21,22). The van der Waals surface area contributed by atoms with Crippen molar-refractivity contribution in [2.75, 3.05) is 6.54 Å². The van der Waals surface area contributed by atoms with Gasteiger partial charge in [-0.15, -0.1) is 11.3 Å². The summed E-state index contributed by atoms with van der Waals surface area (Å²) in [5.74, 6) is -0.288. The summed E-state index contributed by atoms with van der Waals surface area (Å²) in [4.78, 5) is 13.0. The quantitative estimate of drug-likeness (QED) is 0.792. The average Bonchev–Trinajstić information content (AvgIpc) is 3.09. The fourth-order valence-electron chi connectivity index (χ4n) is 3.05. The van der Waals surface area contributed by atoms with Crippen LogP contribution in [0.15, 0.2) is 35.7 Å². The second kappa shape index (κ2) is 6.91. The molecule has 0 spiro atoms. The van der Waals surface area contributed by atoms with Crippen LogP contribution >= 0.6 is 11.3 Å². The summed E-state index contributed by atoms with van der Waals surface area (Å²) in [6.45, 7) is 1.78. The molecule has 3 N–H and O–H groups in total. The van der Waals surface area contributed by atoms with E-state index in [-0.39, 0.29) is 24.4 Å². The largest absolute Gasteiger partial charge is 0.383 e. The molecular weight excluding hydrogens is 327 g/mol. The van der Waals surface area contributed by atoms with Gasteiger partial charge in [-0.1, -0.05) is 12.1 Å². The van der Waals surface area contributed by atoms with Crippen molar-refractivity contribution >= 4 is 17.4 Å². The molecule has 0 saturated carbocycles. The predicted molar refractivity (Wildman–Crippen MR) is 92.5 cm³/mol. The van der Waals surface area contributed by atoms with Crippen molar-refractivity contribution in [2.45, 2.75) is 37.8 Å². The van der Waals surface area contributed by atoms with Crippen LogP contribution in [0.2, 0.25) is 0 Å². The normalized spacial score (nSPS) is 19.2. The first-order chi connectivity index (χ1) is 11.5. The number of fused-ring (bicyclic) bond motifs is 1. The Morgan fingerprint density at radius 1 is 1.46 bits per heavy atom. The topological polar surface area (TPSA) is 61.4 Å². The lowest BCUT2D eigenvalue weighted by Gasteiger charge is -2.28. The lowest BCUT2D eigenvalue weighted by Crippen LogP contribution is -2.44. The van der Waals surface area contributed by atoms with Gasteiger partial charge in [0.1, 0.15) is 11.4 Å². The molecule has 2 unspecified atom stereocenters. The van der Waals surface area contributed by atoms with Gasteiger partial charge in [0.2, 0.25) is 0 Å². The van der Waals surface area contributed by atoms with E-state index in [4.69, 9.17) is 0 Å². The van der Waals surface area contributed by atoms with Crippen LogP contribution in [0.25, 0.3) is 0 Å². The minimum Gasteiger partial charge on any atom is -0.383 e. The highest BCUT2D eigenvalue weighted by molar-refractivity contribution is 7.10. The van der Waals surface area contributed by atoms with Gasteiger partial charge in [-0.3, -0.25) is 0 Å². The van der Waals surface area contributed by atoms with E-state index in [9.17, 15) is 14.3 Å². The Morgan fingerprint density at radius 2 is 2.29 bits per heavy atom. The molecule has 0 fully saturated rings. The maximum Gasteiger partial charge on any atom is 0.315 e. The van der Waals surface area contributed by atoms with Gasteiger partial charge in [-0.25, -0.2) is 9.18 Å². The molecule has 0 bridgehead atoms. The fourth-order valence-corrected chi connectivity index (χ4v) is 3.84. The number of halogens is 1. The Balaban J connectivity index is 1.61. The molecule has 1 aliphatic carbocycles. The third-order valence-electron chi connectivity index (χ3n) is 4.37. The minimum atomic E-state index is -1.11. The van der Waals surface area contributed by atoms with Gasteiger partial charge in [0.15, 0.2) is 0 Å². The highest BCUT2D eigenvalue weighted by atomic mass is 32.1. The Morgan fingerprint density at radius 3 is 3.04 bits per heavy atom. The van der Waals surface area contributed by atoms with Gasteiger partial charge in [0.25, 0.3) is 0 Å². The summed E-state index contributed by atoms with van der Waals surface area (Å²) in [5.41, 5.74) is 0.821. The summed E-state index contributed by atoms with van der Waals surface area (Å²) < 4.78 is 13.5. The lowest BCUT2D eigenvalue weighted by atomic mass is 9.87. The Kier molecular flexibility index (Phi) is 4.87. The number of rotatable bonds is 4. The first-order valence-corrected chi connectivity index (χ1v) is 8.93. The molecule has 2 aromatic rings. The molecule has 1 aromatic heterocycles. The predicted octanol–water partition coefficient (Wildman–Crippen LogP) is 3.47. The molecule has 4 nitrogen and oxygen atoms in total. The summed E-state index contributed by atoms with van der Waals surface area (Å²) in [5, 5.41) is 17.9. The summed E-state index contributed by atoms with van der Waals surface area (Å²) >= 11 is 1.45. The molecule has 128 valence electrons. The molecule has 1 aliphatic rings. The number of hydrogen-bond acceptors (Lipinski definition) is 3. The van der Waals surface area contributed by atoms with Crippen LogP contribution in [0.3, 0.4) is 0 Å². The number of carbonyl (C=O) groups excluding carboxylic acids is 1. The second-order valence-corrected chi connectivity index (χ2v) is 7.31. The van der Waals surface area contributed by atoms with Crippen molar-refractivity contribution in [3.05, 3.63) is 57.5 Å². The van der Waals surface area contributed by atoms with Gasteiger partial charge in [0, 0.05) is 4.88 Å². The van der Waals surface area contributed by atoms with Crippen molar-refractivity contribution in [3.63, 3.8) is 0 Å². The minimum absolute atomic E-state index is 0.113. The Bertz CT molecular complexity index is 716. The number of hydrogen-bond donors (Lipinski definition) is 3. The van der Waals surface area contributed by atoms with Gasteiger partial charge < -0.3 is 15.7 Å². The summed E-state index contributed by atoms with van der Waals surface area (Å²) in [6.07, 6.45) is 2.64. The molecule has 6 heteroatoms. The molecule has 0 radical (unpaired) electrons. The fraction of sp³-hybridized carbons (Fsp3) is 0.389. The van der Waals surface area contributed by atoms with Crippen molar-refractivity contribution < 1.29 is 14.3 Å². The van der Waals surface area contributed by atoms with Crippen LogP contribution in [0.4, 0.5) is 9.18 Å². The second-order valence-electron chi connectivity index (χ2n) is 6.37. The first-order valence-electron chi connectivity index (χ1n) is 8.05. The molecular formula is C18H21FN2O2S. The smallest absolute Gasteiger partial charge is 0.315 e. The number of thiophene rings is 1. The molecule has 0 saturated heterocycles. The van der Waals surface area contributed by atoms with Crippen molar-refractivity contribution in [3.8, 4) is 0 Å². The average molecular weight is 348 g/mol. The van der Waals surface area contributed by atoms with E-state index in [1.54, 1.807) is 13.0 Å². The zero-order valence-electron chi connectivity index (χ0n) is 13.5. The number of benzene rings is 1. The van der Waals surface area contributed by atoms with E-state index >= 15 is 0 Å². The van der Waals surface area contributed by atoms with Crippen LogP contribution in [-0.2, 0) is 12.0 Å². The molecule has 0 aliphatic heterocycles. The first kappa shape index (κ1) is 16.9. The number of amides is 2. The van der Waals surface area contributed by atoms with Crippen LogP contribution in [0.5, 0.6) is 0 Å². The highest BCUT2D eigenvalue weighted by Gasteiger charge is 2.26. The van der Waals surface area contributed by atoms with Gasteiger partial charge >= 0.3 is 6.03 Å². The highest BCUT2D eigenvalue weighted by Crippen LogP contribution is 2.30. The third-order valence-corrected chi connectivity index (χ3v) is 5.50. The van der Waals surface area contributed by atoms with E-state index in [1.807, 2.05) is 17.5 Å². The number of aryl methyl sites for hydroxylation is 1. The van der Waals surface area contributed by atoms with Crippen LogP contribution in [0.1, 0.15) is 41.8 Å². The van der Waals surface area contributed by atoms with E-state index < -0.39 is 5.60 Å².